The van der Waals surface area contributed by atoms with Crippen molar-refractivity contribution < 1.29 is 0 Å². The first-order chi connectivity index (χ1) is 5.75. The van der Waals surface area contributed by atoms with Gasteiger partial charge >= 0.3 is 0 Å². The lowest BCUT2D eigenvalue weighted by Gasteiger charge is -2.25. The first-order valence-electron chi connectivity index (χ1n) is 3.60. The van der Waals surface area contributed by atoms with Crippen LogP contribution >= 0.6 is 11.6 Å². The number of halogens is 1. The van der Waals surface area contributed by atoms with E-state index < -0.39 is 0 Å². The van der Waals surface area contributed by atoms with Gasteiger partial charge in [-0.05, 0) is 12.2 Å². The summed E-state index contributed by atoms with van der Waals surface area (Å²) in [6.45, 7) is 0.666. The molecule has 0 amide bonds. The maximum atomic E-state index is 5.80. The Balaban J connectivity index is 2.33. The van der Waals surface area contributed by atoms with Gasteiger partial charge in [0.05, 0.1) is 11.6 Å². The lowest BCUT2D eigenvalue weighted by Crippen LogP contribution is -2.32. The third-order valence-electron chi connectivity index (χ3n) is 1.68. The number of nitrogens with two attached hydrogens (primary N) is 1. The van der Waals surface area contributed by atoms with Crippen LogP contribution in [0.2, 0.25) is 0 Å². The Kier molecular flexibility index (Phi) is 1.66. The van der Waals surface area contributed by atoms with E-state index in [9.17, 15) is 0 Å². The van der Waals surface area contributed by atoms with Crippen LogP contribution in [-0.2, 0) is 0 Å². The summed E-state index contributed by atoms with van der Waals surface area (Å²) in [4.78, 5) is 6.05. The minimum absolute atomic E-state index is 0.666. The van der Waals surface area contributed by atoms with E-state index in [0.29, 0.717) is 11.6 Å². The highest BCUT2D eigenvalue weighted by Gasteiger charge is 2.14. The van der Waals surface area contributed by atoms with Crippen molar-refractivity contribution in [2.75, 3.05) is 6.54 Å². The number of aliphatic imine (C=N–C) groups is 1. The van der Waals surface area contributed by atoms with E-state index in [2.05, 4.69) is 4.99 Å². The van der Waals surface area contributed by atoms with Crippen molar-refractivity contribution in [1.29, 1.82) is 0 Å². The van der Waals surface area contributed by atoms with Crippen LogP contribution < -0.4 is 5.73 Å². The molecular weight excluding hydrogens is 174 g/mol. The van der Waals surface area contributed by atoms with Crippen LogP contribution in [0.3, 0.4) is 0 Å². The average molecular weight is 182 g/mol. The summed E-state index contributed by atoms with van der Waals surface area (Å²) < 4.78 is 0. The summed E-state index contributed by atoms with van der Waals surface area (Å²) in [5, 5.41) is 0.698. The van der Waals surface area contributed by atoms with E-state index in [-0.39, 0.29) is 0 Å². The highest BCUT2D eigenvalue weighted by Crippen LogP contribution is 2.16. The molecule has 0 radical (unpaired) electrons. The molecule has 0 aromatic carbocycles. The molecule has 3 nitrogen and oxygen atoms in total. The lowest BCUT2D eigenvalue weighted by atomic mass is 10.3. The van der Waals surface area contributed by atoms with Crippen LogP contribution in [-0.4, -0.2) is 17.3 Å². The van der Waals surface area contributed by atoms with E-state index in [1.54, 1.807) is 6.20 Å². The van der Waals surface area contributed by atoms with Gasteiger partial charge in [0.25, 0.3) is 0 Å². The quantitative estimate of drug-likeness (QED) is 0.609. The van der Waals surface area contributed by atoms with Crippen LogP contribution in [0.5, 0.6) is 0 Å². The smallest absolute Gasteiger partial charge is 0.132 e. The summed E-state index contributed by atoms with van der Waals surface area (Å²) in [5.74, 6) is 0.883. The van der Waals surface area contributed by atoms with Gasteiger partial charge in [-0.25, -0.2) is 4.99 Å². The first kappa shape index (κ1) is 7.43. The van der Waals surface area contributed by atoms with Gasteiger partial charge in [-0.1, -0.05) is 11.6 Å². The molecule has 12 heavy (non-hydrogen) atoms. The molecule has 0 bridgehead atoms. The molecule has 0 spiro atoms. The Labute approximate surface area is 75.5 Å². The number of hydrogen-bond acceptors (Lipinski definition) is 3. The normalized spacial score (nSPS) is 21.1. The molecule has 0 aromatic rings. The van der Waals surface area contributed by atoms with Gasteiger partial charge < -0.3 is 10.6 Å². The zero-order valence-electron chi connectivity index (χ0n) is 6.37. The van der Waals surface area contributed by atoms with Gasteiger partial charge in [-0.15, -0.1) is 0 Å². The Hall–Kier alpha value is -1.22. The van der Waals surface area contributed by atoms with Crippen molar-refractivity contribution in [3.63, 3.8) is 0 Å². The molecule has 2 N–H and O–H groups in total. The number of fused-ring (bicyclic) bond motifs is 1. The maximum absolute atomic E-state index is 5.80. The molecule has 4 heteroatoms. The van der Waals surface area contributed by atoms with Gasteiger partial charge in [0, 0.05) is 18.1 Å². The average Bonchev–Trinajstić information content (AvgIpc) is 2.03. The number of nitrogens with zero attached hydrogens (tertiary/aromatic N) is 2. The predicted octanol–water partition coefficient (Wildman–Crippen LogP) is 1.15. The predicted molar refractivity (Wildman–Crippen MR) is 49.5 cm³/mol. The fourth-order valence-electron chi connectivity index (χ4n) is 1.14. The maximum Gasteiger partial charge on any atom is 0.132 e. The number of rotatable bonds is 0. The highest BCUT2D eigenvalue weighted by atomic mass is 35.5. The summed E-state index contributed by atoms with van der Waals surface area (Å²) in [7, 11) is 0. The minimum Gasteiger partial charge on any atom is -0.399 e. The third kappa shape index (κ3) is 1.23. The van der Waals surface area contributed by atoms with Crippen LogP contribution in [0, 0.1) is 0 Å². The molecule has 0 saturated carbocycles. The molecule has 2 heterocycles. The second-order valence-corrected chi connectivity index (χ2v) is 3.10. The summed E-state index contributed by atoms with van der Waals surface area (Å²) in [6.07, 6.45) is 7.17. The van der Waals surface area contributed by atoms with Gasteiger partial charge in [-0.3, -0.25) is 0 Å². The molecular formula is C8H8ClN3. The minimum atomic E-state index is 0.666. The van der Waals surface area contributed by atoms with Crippen LogP contribution in [0.4, 0.5) is 0 Å². The Morgan fingerprint density at radius 1 is 1.50 bits per heavy atom. The van der Waals surface area contributed by atoms with E-state index in [1.165, 1.54) is 0 Å². The first-order valence-corrected chi connectivity index (χ1v) is 3.98. The molecule has 2 rings (SSSR count). The largest absolute Gasteiger partial charge is 0.399 e. The second kappa shape index (κ2) is 2.68. The van der Waals surface area contributed by atoms with Crippen LogP contribution in [0.15, 0.2) is 40.3 Å². The number of hydrogen-bond donors (Lipinski definition) is 1. The van der Waals surface area contributed by atoms with Crippen LogP contribution in [0.1, 0.15) is 0 Å². The van der Waals surface area contributed by atoms with Crippen molar-refractivity contribution in [3.8, 4) is 0 Å². The van der Waals surface area contributed by atoms with Crippen molar-refractivity contribution in [2.45, 2.75) is 0 Å². The van der Waals surface area contributed by atoms with Crippen molar-refractivity contribution in [3.05, 3.63) is 35.3 Å². The van der Waals surface area contributed by atoms with Gasteiger partial charge in [0.2, 0.25) is 0 Å². The fraction of sp³-hybridized carbons (Fsp3) is 0.125. The van der Waals surface area contributed by atoms with Crippen molar-refractivity contribution in [1.82, 2.24) is 4.90 Å². The molecule has 2 aliphatic rings. The summed E-state index contributed by atoms with van der Waals surface area (Å²) in [6, 6.07) is 0. The second-order valence-electron chi connectivity index (χ2n) is 2.67. The third-order valence-corrected chi connectivity index (χ3v) is 1.90. The van der Waals surface area contributed by atoms with Crippen molar-refractivity contribution >= 4 is 17.4 Å². The topological polar surface area (TPSA) is 41.6 Å². The SMILES string of the molecule is NC1=CN=C2C=CC(Cl)=CN2C1. The summed E-state index contributed by atoms with van der Waals surface area (Å²) >= 11 is 5.80. The molecule has 62 valence electrons. The lowest BCUT2D eigenvalue weighted by molar-refractivity contribution is 0.589. The number of amidine groups is 1. The zero-order chi connectivity index (χ0) is 8.55. The Bertz CT molecular complexity index is 325. The highest BCUT2D eigenvalue weighted by molar-refractivity contribution is 6.32. The molecule has 0 saturated heterocycles. The van der Waals surface area contributed by atoms with E-state index >= 15 is 0 Å². The van der Waals surface area contributed by atoms with E-state index in [4.69, 9.17) is 17.3 Å². The molecule has 0 aliphatic carbocycles. The van der Waals surface area contributed by atoms with Gasteiger partial charge in [0.1, 0.15) is 5.84 Å². The van der Waals surface area contributed by atoms with E-state index in [1.807, 2.05) is 23.3 Å². The van der Waals surface area contributed by atoms with Gasteiger partial charge in [0.15, 0.2) is 0 Å². The van der Waals surface area contributed by atoms with Crippen molar-refractivity contribution in [2.24, 2.45) is 10.7 Å². The Morgan fingerprint density at radius 2 is 2.33 bits per heavy atom. The Morgan fingerprint density at radius 3 is 3.17 bits per heavy atom. The van der Waals surface area contributed by atoms with Gasteiger partial charge in [-0.2, -0.15) is 0 Å². The zero-order valence-corrected chi connectivity index (χ0v) is 7.12. The molecule has 0 aromatic heterocycles. The molecule has 0 unspecified atom stereocenters. The molecule has 2 aliphatic heterocycles. The molecule has 0 atom stereocenters. The standard InChI is InChI=1S/C8H8ClN3/c9-6-1-2-8-11-3-7(10)5-12(8)4-6/h1-4H,5,10H2. The monoisotopic (exact) mass is 181 g/mol. The van der Waals surface area contributed by atoms with Crippen LogP contribution in [0.25, 0.3) is 0 Å². The fourth-order valence-corrected chi connectivity index (χ4v) is 1.32. The molecule has 0 fully saturated rings. The summed E-state index contributed by atoms with van der Waals surface area (Å²) in [5.41, 5.74) is 6.35. The van der Waals surface area contributed by atoms with E-state index in [0.717, 1.165) is 11.5 Å². The number of allylic oxidation sites excluding steroid dienone is 2.